The highest BCUT2D eigenvalue weighted by Gasteiger charge is 2.38. The number of aryl methyl sites for hydroxylation is 2. The van der Waals surface area contributed by atoms with Crippen molar-refractivity contribution >= 4 is 29.1 Å². The van der Waals surface area contributed by atoms with Crippen molar-refractivity contribution in [2.24, 2.45) is 5.73 Å². The first kappa shape index (κ1) is 20.7. The monoisotopic (exact) mass is 430 g/mol. The van der Waals surface area contributed by atoms with Crippen molar-refractivity contribution < 1.29 is 14.7 Å². The molecule has 0 bridgehead atoms. The highest BCUT2D eigenvalue weighted by atomic mass is 32.1. The van der Waals surface area contributed by atoms with Crippen LogP contribution < -0.4 is 10.6 Å². The number of nitrogens with zero attached hydrogens (tertiary/aromatic N) is 5. The van der Waals surface area contributed by atoms with Crippen LogP contribution in [-0.4, -0.2) is 68.6 Å². The van der Waals surface area contributed by atoms with E-state index < -0.39 is 18.1 Å². The molecule has 1 aliphatic heterocycles. The number of β-amino-alcohol motifs (C(OH)–C–C–N with tert-alkyl or cyclic N) is 1. The normalized spacial score (nSPS) is 20.0. The Morgan fingerprint density at radius 1 is 1.30 bits per heavy atom. The predicted octanol–water partition coefficient (Wildman–Crippen LogP) is 0.535. The summed E-state index contributed by atoms with van der Waals surface area (Å²) in [6.07, 6.45) is 3.05. The van der Waals surface area contributed by atoms with E-state index in [-0.39, 0.29) is 25.3 Å². The second-order valence-corrected chi connectivity index (χ2v) is 8.71. The van der Waals surface area contributed by atoms with Crippen LogP contribution >= 0.6 is 11.3 Å². The minimum Gasteiger partial charge on any atom is -0.391 e. The molecule has 1 fully saturated rings. The molecule has 0 spiro atoms. The van der Waals surface area contributed by atoms with Gasteiger partial charge in [0.15, 0.2) is 0 Å². The summed E-state index contributed by atoms with van der Waals surface area (Å²) in [5, 5.41) is 10.5. The van der Waals surface area contributed by atoms with E-state index in [1.54, 1.807) is 0 Å². The van der Waals surface area contributed by atoms with Crippen LogP contribution in [0.1, 0.15) is 36.5 Å². The van der Waals surface area contributed by atoms with Crippen LogP contribution in [0.2, 0.25) is 0 Å². The zero-order chi connectivity index (χ0) is 21.4. The van der Waals surface area contributed by atoms with E-state index in [1.807, 2.05) is 6.20 Å². The molecule has 2 aliphatic rings. The summed E-state index contributed by atoms with van der Waals surface area (Å²) in [6.45, 7) is 5.92. The number of rotatable bonds is 6. The van der Waals surface area contributed by atoms with Gasteiger partial charge in [-0.15, -0.1) is 11.3 Å². The zero-order valence-electron chi connectivity index (χ0n) is 17.2. The highest BCUT2D eigenvalue weighted by Crippen LogP contribution is 2.37. The summed E-state index contributed by atoms with van der Waals surface area (Å²) in [7, 11) is 0. The minimum absolute atomic E-state index is 0.0808. The number of nitrogens with two attached hydrogens (primary N) is 1. The molecule has 0 unspecified atom stereocenters. The van der Waals surface area contributed by atoms with Crippen molar-refractivity contribution in [1.29, 1.82) is 0 Å². The molecule has 10 heteroatoms. The van der Waals surface area contributed by atoms with Crippen molar-refractivity contribution in [3.63, 3.8) is 0 Å². The van der Waals surface area contributed by atoms with Gasteiger partial charge >= 0.3 is 0 Å². The molecule has 160 valence electrons. The van der Waals surface area contributed by atoms with E-state index >= 15 is 0 Å². The van der Waals surface area contributed by atoms with E-state index in [0.717, 1.165) is 47.8 Å². The lowest BCUT2D eigenvalue weighted by Gasteiger charge is -2.21. The number of primary amides is 1. The number of thiazole rings is 1. The number of hydrogen-bond acceptors (Lipinski definition) is 8. The SMILES string of the molecule is CCN(CC)c1ncc2c(n1)-c1sc(CC(=O)N3C[C@H](O)C[C@H]3C(N)=O)nc1CC2. The van der Waals surface area contributed by atoms with Crippen molar-refractivity contribution in [2.45, 2.75) is 51.7 Å². The third-order valence-electron chi connectivity index (χ3n) is 5.72. The molecule has 9 nitrogen and oxygen atoms in total. The molecule has 4 rings (SSSR count). The van der Waals surface area contributed by atoms with Crippen LogP contribution in [0.25, 0.3) is 10.6 Å². The largest absolute Gasteiger partial charge is 0.391 e. The lowest BCUT2D eigenvalue weighted by molar-refractivity contribution is -0.136. The van der Waals surface area contributed by atoms with E-state index in [4.69, 9.17) is 10.7 Å². The molecule has 0 radical (unpaired) electrons. The van der Waals surface area contributed by atoms with Gasteiger partial charge in [0.05, 0.1) is 28.8 Å². The van der Waals surface area contributed by atoms with E-state index in [9.17, 15) is 14.7 Å². The standard InChI is InChI=1S/C20H26N6O3S/c1-3-25(4-2)20-22-9-11-5-6-13-18(17(11)24-20)30-15(23-13)8-16(28)26-10-12(27)7-14(26)19(21)29/h9,12,14,27H,3-8,10H2,1-2H3,(H2,21,29)/t12-,14+/m1/s1. The highest BCUT2D eigenvalue weighted by molar-refractivity contribution is 7.15. The Hall–Kier alpha value is -2.59. The third-order valence-corrected chi connectivity index (χ3v) is 6.82. The maximum absolute atomic E-state index is 12.8. The third kappa shape index (κ3) is 3.77. The summed E-state index contributed by atoms with van der Waals surface area (Å²) in [4.78, 5) is 42.9. The first-order valence-electron chi connectivity index (χ1n) is 10.3. The number of fused-ring (bicyclic) bond motifs is 3. The van der Waals surface area contributed by atoms with Gasteiger partial charge in [0.25, 0.3) is 0 Å². The fraction of sp³-hybridized carbons (Fsp3) is 0.550. The average molecular weight is 431 g/mol. The molecule has 1 aliphatic carbocycles. The summed E-state index contributed by atoms with van der Waals surface area (Å²) in [5.74, 6) is -0.130. The molecule has 2 aromatic rings. The Morgan fingerprint density at radius 2 is 2.07 bits per heavy atom. The predicted molar refractivity (Wildman–Crippen MR) is 113 cm³/mol. The number of hydrogen-bond donors (Lipinski definition) is 2. The maximum Gasteiger partial charge on any atom is 0.240 e. The fourth-order valence-electron chi connectivity index (χ4n) is 4.11. The number of aromatic nitrogens is 3. The van der Waals surface area contributed by atoms with Crippen LogP contribution in [0.3, 0.4) is 0 Å². The first-order chi connectivity index (χ1) is 14.4. The summed E-state index contributed by atoms with van der Waals surface area (Å²) in [6, 6.07) is -0.757. The lowest BCUT2D eigenvalue weighted by Crippen LogP contribution is -2.44. The van der Waals surface area contributed by atoms with Gasteiger partial charge in [-0.1, -0.05) is 0 Å². The Labute approximate surface area is 178 Å². The van der Waals surface area contributed by atoms with Gasteiger partial charge in [0, 0.05) is 32.3 Å². The van der Waals surface area contributed by atoms with E-state index in [0.29, 0.717) is 11.0 Å². The number of anilines is 1. The molecule has 2 amide bonds. The summed E-state index contributed by atoms with van der Waals surface area (Å²) in [5.41, 5.74) is 8.34. The molecule has 3 N–H and O–H groups in total. The average Bonchev–Trinajstić information content (AvgIpc) is 3.32. The van der Waals surface area contributed by atoms with Crippen molar-refractivity contribution in [1.82, 2.24) is 19.9 Å². The van der Waals surface area contributed by atoms with Crippen LogP contribution in [-0.2, 0) is 28.9 Å². The van der Waals surface area contributed by atoms with Crippen molar-refractivity contribution in [3.8, 4) is 10.6 Å². The van der Waals surface area contributed by atoms with Crippen LogP contribution in [0.4, 0.5) is 5.95 Å². The van der Waals surface area contributed by atoms with Crippen LogP contribution in [0, 0.1) is 0 Å². The van der Waals surface area contributed by atoms with Gasteiger partial charge in [-0.2, -0.15) is 0 Å². The number of aliphatic hydroxyl groups excluding tert-OH is 1. The van der Waals surface area contributed by atoms with E-state index in [1.165, 1.54) is 16.2 Å². The van der Waals surface area contributed by atoms with Gasteiger partial charge in [-0.05, 0) is 32.3 Å². The minimum atomic E-state index is -0.757. The number of likely N-dealkylation sites (tertiary alicyclic amines) is 1. The second kappa shape index (κ2) is 8.27. The Bertz CT molecular complexity index is 973. The topological polar surface area (TPSA) is 126 Å². The number of carbonyl (C=O) groups is 2. The molecular weight excluding hydrogens is 404 g/mol. The van der Waals surface area contributed by atoms with Gasteiger partial charge < -0.3 is 20.6 Å². The quantitative estimate of drug-likeness (QED) is 0.685. The number of carbonyl (C=O) groups excluding carboxylic acids is 2. The molecule has 1 saturated heterocycles. The van der Waals surface area contributed by atoms with Gasteiger partial charge in [-0.3, -0.25) is 9.59 Å². The van der Waals surface area contributed by atoms with Gasteiger partial charge in [0.2, 0.25) is 17.8 Å². The van der Waals surface area contributed by atoms with Crippen molar-refractivity contribution in [3.05, 3.63) is 22.5 Å². The second-order valence-electron chi connectivity index (χ2n) is 7.63. The molecule has 30 heavy (non-hydrogen) atoms. The van der Waals surface area contributed by atoms with Gasteiger partial charge in [-0.25, -0.2) is 15.0 Å². The summed E-state index contributed by atoms with van der Waals surface area (Å²) < 4.78 is 0. The van der Waals surface area contributed by atoms with Gasteiger partial charge in [0.1, 0.15) is 11.0 Å². The van der Waals surface area contributed by atoms with E-state index in [2.05, 4.69) is 28.7 Å². The summed E-state index contributed by atoms with van der Waals surface area (Å²) >= 11 is 1.47. The maximum atomic E-state index is 12.8. The fourth-order valence-corrected chi connectivity index (χ4v) is 5.24. The first-order valence-corrected chi connectivity index (χ1v) is 11.1. The Kier molecular flexibility index (Phi) is 5.70. The van der Waals surface area contributed by atoms with Crippen LogP contribution in [0.15, 0.2) is 6.20 Å². The lowest BCUT2D eigenvalue weighted by atomic mass is 10.00. The molecule has 0 aromatic carbocycles. The zero-order valence-corrected chi connectivity index (χ0v) is 18.0. The molecule has 2 aromatic heterocycles. The molecular formula is C20H26N6O3S. The van der Waals surface area contributed by atoms with Crippen LogP contribution in [0.5, 0.6) is 0 Å². The number of amides is 2. The Balaban J connectivity index is 1.58. The molecule has 2 atom stereocenters. The smallest absolute Gasteiger partial charge is 0.240 e. The number of aliphatic hydroxyl groups is 1. The molecule has 0 saturated carbocycles. The van der Waals surface area contributed by atoms with Crippen molar-refractivity contribution in [2.75, 3.05) is 24.5 Å². The molecule has 3 heterocycles. The Morgan fingerprint density at radius 3 is 2.77 bits per heavy atom.